The van der Waals surface area contributed by atoms with Crippen molar-refractivity contribution in [2.45, 2.75) is 26.8 Å². The summed E-state index contributed by atoms with van der Waals surface area (Å²) in [4.78, 5) is 16.1. The Balaban J connectivity index is 1.99. The van der Waals surface area contributed by atoms with Gasteiger partial charge < -0.3 is 11.1 Å². The molecule has 6 heteroatoms. The predicted molar refractivity (Wildman–Crippen MR) is 77.3 cm³/mol. The van der Waals surface area contributed by atoms with Crippen LogP contribution in [-0.2, 0) is 13.0 Å². The topological polar surface area (TPSA) is 85.8 Å². The summed E-state index contributed by atoms with van der Waals surface area (Å²) < 4.78 is 1.63. The summed E-state index contributed by atoms with van der Waals surface area (Å²) in [7, 11) is 0. The van der Waals surface area contributed by atoms with Gasteiger partial charge in [0, 0.05) is 25.5 Å². The second kappa shape index (κ2) is 6.18. The average Bonchev–Trinajstić information content (AvgIpc) is 2.75. The number of carbonyl (C=O) groups excluding carboxylic acids is 1. The number of aromatic nitrogens is 3. The number of nitrogens with zero attached hydrogens (tertiary/aromatic N) is 3. The Morgan fingerprint density at radius 1 is 1.40 bits per heavy atom. The van der Waals surface area contributed by atoms with E-state index in [1.54, 1.807) is 24.0 Å². The van der Waals surface area contributed by atoms with E-state index in [-0.39, 0.29) is 5.91 Å². The van der Waals surface area contributed by atoms with Crippen LogP contribution < -0.4 is 11.1 Å². The maximum Gasteiger partial charge on any atom is 0.271 e. The Bertz CT molecular complexity index is 591. The van der Waals surface area contributed by atoms with Crippen molar-refractivity contribution in [2.75, 3.05) is 12.3 Å². The molecule has 2 heterocycles. The van der Waals surface area contributed by atoms with Crippen LogP contribution in [0.5, 0.6) is 0 Å². The Hall–Kier alpha value is -2.37. The van der Waals surface area contributed by atoms with Crippen LogP contribution in [0.15, 0.2) is 24.5 Å². The molecule has 0 fully saturated rings. The predicted octanol–water partition coefficient (Wildman–Crippen LogP) is 1.16. The van der Waals surface area contributed by atoms with Crippen LogP contribution in [0.3, 0.4) is 0 Å². The number of rotatable bonds is 5. The summed E-state index contributed by atoms with van der Waals surface area (Å²) in [5.74, 6) is -0.181. The number of anilines is 1. The lowest BCUT2D eigenvalue weighted by Crippen LogP contribution is -2.28. The first kappa shape index (κ1) is 14.0. The van der Waals surface area contributed by atoms with Gasteiger partial charge in [0.2, 0.25) is 0 Å². The molecule has 0 bridgehead atoms. The molecule has 0 spiro atoms. The van der Waals surface area contributed by atoms with Crippen molar-refractivity contribution >= 4 is 11.6 Å². The van der Waals surface area contributed by atoms with E-state index in [1.807, 2.05) is 19.1 Å². The lowest BCUT2D eigenvalue weighted by molar-refractivity contribution is 0.0944. The number of pyridine rings is 1. The molecule has 0 unspecified atom stereocenters. The fourth-order valence-electron chi connectivity index (χ4n) is 2.02. The normalized spacial score (nSPS) is 10.5. The highest BCUT2D eigenvalue weighted by molar-refractivity contribution is 5.97. The van der Waals surface area contributed by atoms with Gasteiger partial charge >= 0.3 is 0 Å². The molecule has 20 heavy (non-hydrogen) atoms. The van der Waals surface area contributed by atoms with Crippen LogP contribution in [0.25, 0.3) is 0 Å². The van der Waals surface area contributed by atoms with Gasteiger partial charge in [0.1, 0.15) is 5.69 Å². The van der Waals surface area contributed by atoms with Gasteiger partial charge in [-0.05, 0) is 38.0 Å². The summed E-state index contributed by atoms with van der Waals surface area (Å²) in [6, 6.07) is 3.86. The van der Waals surface area contributed by atoms with Crippen molar-refractivity contribution in [2.24, 2.45) is 0 Å². The maximum atomic E-state index is 12.2. The second-order valence-electron chi connectivity index (χ2n) is 4.52. The van der Waals surface area contributed by atoms with E-state index < -0.39 is 0 Å². The number of hydrogen-bond donors (Lipinski definition) is 2. The van der Waals surface area contributed by atoms with Crippen molar-refractivity contribution in [3.63, 3.8) is 0 Å². The summed E-state index contributed by atoms with van der Waals surface area (Å²) >= 11 is 0. The summed E-state index contributed by atoms with van der Waals surface area (Å²) in [5.41, 5.74) is 8.63. The fourth-order valence-corrected chi connectivity index (χ4v) is 2.02. The summed E-state index contributed by atoms with van der Waals surface area (Å²) in [5, 5.41) is 7.11. The first-order valence-corrected chi connectivity index (χ1v) is 6.63. The monoisotopic (exact) mass is 273 g/mol. The zero-order valence-corrected chi connectivity index (χ0v) is 11.8. The molecule has 0 aliphatic heterocycles. The lowest BCUT2D eigenvalue weighted by Gasteiger charge is -2.07. The van der Waals surface area contributed by atoms with E-state index in [0.29, 0.717) is 30.2 Å². The molecule has 2 aromatic rings. The molecule has 0 saturated heterocycles. The molecule has 2 rings (SSSR count). The fraction of sp³-hybridized carbons (Fsp3) is 0.357. The quantitative estimate of drug-likeness (QED) is 0.856. The Kier molecular flexibility index (Phi) is 4.34. The van der Waals surface area contributed by atoms with E-state index in [9.17, 15) is 4.79 Å². The molecule has 0 aliphatic rings. The number of carbonyl (C=O) groups is 1. The Morgan fingerprint density at radius 2 is 2.10 bits per heavy atom. The molecule has 1 amide bonds. The van der Waals surface area contributed by atoms with Gasteiger partial charge in [-0.1, -0.05) is 0 Å². The number of aryl methyl sites for hydroxylation is 2. The highest BCUT2D eigenvalue weighted by Gasteiger charge is 2.18. The van der Waals surface area contributed by atoms with Crippen molar-refractivity contribution < 1.29 is 4.79 Å². The van der Waals surface area contributed by atoms with E-state index in [1.165, 1.54) is 0 Å². The Labute approximate surface area is 118 Å². The summed E-state index contributed by atoms with van der Waals surface area (Å²) in [6.45, 7) is 4.90. The number of nitrogens with two attached hydrogens (primary N) is 1. The van der Waals surface area contributed by atoms with E-state index in [0.717, 1.165) is 12.0 Å². The first-order chi connectivity index (χ1) is 9.63. The third kappa shape index (κ3) is 2.96. The van der Waals surface area contributed by atoms with Gasteiger partial charge in [0.15, 0.2) is 0 Å². The molecular weight excluding hydrogens is 254 g/mol. The third-order valence-electron chi connectivity index (χ3n) is 3.14. The molecule has 106 valence electrons. The summed E-state index contributed by atoms with van der Waals surface area (Å²) in [6.07, 6.45) is 4.24. The zero-order chi connectivity index (χ0) is 14.5. The smallest absolute Gasteiger partial charge is 0.271 e. The molecular formula is C14H19N5O. The highest BCUT2D eigenvalue weighted by Crippen LogP contribution is 2.16. The highest BCUT2D eigenvalue weighted by atomic mass is 16.2. The Morgan fingerprint density at radius 3 is 2.75 bits per heavy atom. The van der Waals surface area contributed by atoms with Crippen molar-refractivity contribution in [1.29, 1.82) is 0 Å². The molecule has 0 atom stereocenters. The van der Waals surface area contributed by atoms with Crippen LogP contribution in [-0.4, -0.2) is 27.2 Å². The number of amides is 1. The van der Waals surface area contributed by atoms with E-state index in [4.69, 9.17) is 5.73 Å². The van der Waals surface area contributed by atoms with Crippen LogP contribution >= 0.6 is 0 Å². The van der Waals surface area contributed by atoms with Gasteiger partial charge in [-0.15, -0.1) is 0 Å². The van der Waals surface area contributed by atoms with Crippen LogP contribution in [0.4, 0.5) is 5.69 Å². The average molecular weight is 273 g/mol. The lowest BCUT2D eigenvalue weighted by atomic mass is 10.2. The van der Waals surface area contributed by atoms with Gasteiger partial charge in [-0.25, -0.2) is 0 Å². The molecule has 2 aromatic heterocycles. The van der Waals surface area contributed by atoms with Gasteiger partial charge in [0.05, 0.1) is 11.4 Å². The minimum atomic E-state index is -0.181. The van der Waals surface area contributed by atoms with Gasteiger partial charge in [-0.2, -0.15) is 5.10 Å². The molecule has 0 aromatic carbocycles. The van der Waals surface area contributed by atoms with Crippen LogP contribution in [0, 0.1) is 6.92 Å². The standard InChI is InChI=1S/C14H19N5O/c1-3-19-13(12(15)10(2)18-19)14(20)17-9-6-11-4-7-16-8-5-11/h4-5,7-8H,3,6,9,15H2,1-2H3,(H,17,20). The zero-order valence-electron chi connectivity index (χ0n) is 11.8. The molecule has 6 nitrogen and oxygen atoms in total. The van der Waals surface area contributed by atoms with Crippen LogP contribution in [0.1, 0.15) is 28.7 Å². The van der Waals surface area contributed by atoms with Crippen molar-refractivity contribution in [3.8, 4) is 0 Å². The first-order valence-electron chi connectivity index (χ1n) is 6.63. The largest absolute Gasteiger partial charge is 0.395 e. The van der Waals surface area contributed by atoms with Crippen LogP contribution in [0.2, 0.25) is 0 Å². The molecule has 3 N–H and O–H groups in total. The number of hydrogen-bond acceptors (Lipinski definition) is 4. The number of nitrogens with one attached hydrogen (secondary N) is 1. The van der Waals surface area contributed by atoms with E-state index in [2.05, 4.69) is 15.4 Å². The van der Waals surface area contributed by atoms with Crippen molar-refractivity contribution in [1.82, 2.24) is 20.1 Å². The minimum absolute atomic E-state index is 0.181. The maximum absolute atomic E-state index is 12.2. The molecule has 0 radical (unpaired) electrons. The second-order valence-corrected chi connectivity index (χ2v) is 4.52. The number of nitrogen functional groups attached to an aromatic ring is 1. The van der Waals surface area contributed by atoms with Crippen molar-refractivity contribution in [3.05, 3.63) is 41.5 Å². The molecule has 0 saturated carbocycles. The third-order valence-corrected chi connectivity index (χ3v) is 3.14. The molecule has 0 aliphatic carbocycles. The van der Waals surface area contributed by atoms with Gasteiger partial charge in [0.25, 0.3) is 5.91 Å². The van der Waals surface area contributed by atoms with Gasteiger partial charge in [-0.3, -0.25) is 14.5 Å². The minimum Gasteiger partial charge on any atom is -0.395 e. The SMILES string of the molecule is CCn1nc(C)c(N)c1C(=O)NCCc1ccncc1. The van der Waals surface area contributed by atoms with E-state index >= 15 is 0 Å².